The molecular formula is C31H53NO5. The lowest BCUT2D eigenvalue weighted by Crippen LogP contribution is -2.45. The topological polar surface area (TPSA) is 77.0 Å². The van der Waals surface area contributed by atoms with E-state index in [2.05, 4.69) is 52.1 Å². The van der Waals surface area contributed by atoms with E-state index in [0.717, 1.165) is 30.8 Å². The van der Waals surface area contributed by atoms with Crippen molar-refractivity contribution in [2.75, 3.05) is 27.4 Å². The minimum absolute atomic E-state index is 0.102. The Morgan fingerprint density at radius 3 is 2.32 bits per heavy atom. The third-order valence-corrected chi connectivity index (χ3v) is 8.18. The molecule has 1 fully saturated rings. The normalized spacial score (nSPS) is 17.2. The summed E-state index contributed by atoms with van der Waals surface area (Å²) in [6.45, 7) is 12.0. The molecule has 0 radical (unpaired) electrons. The van der Waals surface area contributed by atoms with E-state index in [0.29, 0.717) is 43.8 Å². The van der Waals surface area contributed by atoms with Crippen LogP contribution in [-0.4, -0.2) is 50.6 Å². The lowest BCUT2D eigenvalue weighted by molar-refractivity contribution is -0.128. The highest BCUT2D eigenvalue weighted by Crippen LogP contribution is 2.32. The van der Waals surface area contributed by atoms with E-state index in [-0.39, 0.29) is 23.8 Å². The Morgan fingerprint density at radius 1 is 1.03 bits per heavy atom. The van der Waals surface area contributed by atoms with Gasteiger partial charge in [0.1, 0.15) is 0 Å². The Labute approximate surface area is 225 Å². The number of nitrogens with one attached hydrogen (secondary N) is 1. The summed E-state index contributed by atoms with van der Waals surface area (Å²) in [4.78, 5) is 13.0. The number of ether oxygens (including phenoxy) is 3. The summed E-state index contributed by atoms with van der Waals surface area (Å²) in [6.07, 6.45) is 7.09. The maximum absolute atomic E-state index is 13.0. The van der Waals surface area contributed by atoms with Crippen LogP contribution in [0.15, 0.2) is 18.2 Å². The van der Waals surface area contributed by atoms with E-state index in [1.165, 1.54) is 24.8 Å². The monoisotopic (exact) mass is 519 g/mol. The van der Waals surface area contributed by atoms with Crippen molar-refractivity contribution >= 4 is 5.91 Å². The molecule has 2 N–H and O–H groups in total. The Kier molecular flexibility index (Phi) is 13.8. The van der Waals surface area contributed by atoms with Gasteiger partial charge in [0.05, 0.1) is 19.8 Å². The maximum Gasteiger partial charge on any atom is 0.223 e. The summed E-state index contributed by atoms with van der Waals surface area (Å²) in [6, 6.07) is 6.39. The fourth-order valence-corrected chi connectivity index (χ4v) is 5.21. The lowest BCUT2D eigenvalue weighted by Gasteiger charge is -2.33. The Bertz CT molecular complexity index is 792. The fourth-order valence-electron chi connectivity index (χ4n) is 5.21. The molecule has 212 valence electrons. The van der Waals surface area contributed by atoms with Crippen molar-refractivity contribution in [2.24, 2.45) is 29.6 Å². The molecule has 1 aliphatic carbocycles. The van der Waals surface area contributed by atoms with Gasteiger partial charge in [0.15, 0.2) is 11.5 Å². The van der Waals surface area contributed by atoms with E-state index >= 15 is 0 Å². The van der Waals surface area contributed by atoms with Crippen molar-refractivity contribution in [2.45, 2.75) is 98.1 Å². The van der Waals surface area contributed by atoms with Gasteiger partial charge in [-0.1, -0.05) is 40.2 Å². The number of rotatable bonds is 18. The summed E-state index contributed by atoms with van der Waals surface area (Å²) in [5.41, 5.74) is 1.21. The molecule has 0 heterocycles. The summed E-state index contributed by atoms with van der Waals surface area (Å²) in [5.74, 6) is 3.16. The van der Waals surface area contributed by atoms with Crippen molar-refractivity contribution in [3.63, 3.8) is 0 Å². The smallest absolute Gasteiger partial charge is 0.223 e. The molecule has 0 saturated heterocycles. The van der Waals surface area contributed by atoms with Crippen LogP contribution in [0.5, 0.6) is 11.5 Å². The van der Waals surface area contributed by atoms with Gasteiger partial charge in [-0.05, 0) is 86.8 Å². The number of methoxy groups -OCH3 is 2. The van der Waals surface area contributed by atoms with Crippen molar-refractivity contribution in [3.8, 4) is 11.5 Å². The van der Waals surface area contributed by atoms with Crippen LogP contribution in [-0.2, 0) is 16.0 Å². The van der Waals surface area contributed by atoms with Crippen LogP contribution < -0.4 is 14.8 Å². The summed E-state index contributed by atoms with van der Waals surface area (Å²) in [7, 11) is 3.35. The molecule has 0 bridgehead atoms. The molecule has 0 spiro atoms. The van der Waals surface area contributed by atoms with E-state index in [1.54, 1.807) is 14.2 Å². The molecule has 37 heavy (non-hydrogen) atoms. The zero-order valence-electron chi connectivity index (χ0n) is 24.4. The Balaban J connectivity index is 1.93. The number of hydrogen-bond donors (Lipinski definition) is 2. The maximum atomic E-state index is 13.0. The second-order valence-corrected chi connectivity index (χ2v) is 11.7. The highest BCUT2D eigenvalue weighted by atomic mass is 16.5. The van der Waals surface area contributed by atoms with Crippen LogP contribution in [0.1, 0.15) is 85.1 Å². The first-order chi connectivity index (χ1) is 17.7. The third-order valence-electron chi connectivity index (χ3n) is 8.18. The van der Waals surface area contributed by atoms with Gasteiger partial charge in [-0.15, -0.1) is 0 Å². The van der Waals surface area contributed by atoms with E-state index in [9.17, 15) is 9.90 Å². The average Bonchev–Trinajstić information content (AvgIpc) is 2.81. The molecule has 1 saturated carbocycles. The van der Waals surface area contributed by atoms with Crippen molar-refractivity contribution in [1.82, 2.24) is 5.32 Å². The van der Waals surface area contributed by atoms with Gasteiger partial charge in [0.2, 0.25) is 5.91 Å². The number of aliphatic hydroxyl groups is 1. The largest absolute Gasteiger partial charge is 0.493 e. The molecule has 0 aromatic heterocycles. The number of aliphatic hydroxyl groups excluding tert-OH is 1. The number of amides is 1. The first-order valence-electron chi connectivity index (χ1n) is 14.4. The number of hydrogen-bond acceptors (Lipinski definition) is 5. The van der Waals surface area contributed by atoms with E-state index in [1.807, 2.05) is 6.07 Å². The van der Waals surface area contributed by atoms with Crippen molar-refractivity contribution < 1.29 is 24.1 Å². The number of carbonyl (C=O) groups excluding carboxylic acids is 1. The zero-order valence-corrected chi connectivity index (χ0v) is 24.4. The lowest BCUT2D eigenvalue weighted by atomic mass is 9.79. The van der Waals surface area contributed by atoms with Crippen LogP contribution in [0.25, 0.3) is 0 Å². The Morgan fingerprint density at radius 2 is 1.76 bits per heavy atom. The second-order valence-electron chi connectivity index (χ2n) is 11.7. The number of benzene rings is 1. The highest BCUT2D eigenvalue weighted by molar-refractivity contribution is 5.79. The second kappa shape index (κ2) is 16.2. The van der Waals surface area contributed by atoms with E-state index < -0.39 is 6.10 Å². The molecular weight excluding hydrogens is 466 g/mol. The van der Waals surface area contributed by atoms with E-state index in [4.69, 9.17) is 14.2 Å². The van der Waals surface area contributed by atoms with Crippen molar-refractivity contribution in [1.29, 1.82) is 0 Å². The minimum atomic E-state index is -0.478. The molecule has 6 nitrogen and oxygen atoms in total. The SMILES string of the molecule is COCCCOc1cc(C[C@@H](CC[C@@H](O)C[C@H](C(=O)N[C@H](C)C2CCC2)C(C)C)C(C)C)ccc1OC. The van der Waals surface area contributed by atoms with Crippen LogP contribution in [0.4, 0.5) is 0 Å². The zero-order chi connectivity index (χ0) is 27.4. The van der Waals surface area contributed by atoms with Gasteiger partial charge in [0, 0.05) is 32.1 Å². The highest BCUT2D eigenvalue weighted by Gasteiger charge is 2.30. The quantitative estimate of drug-likeness (QED) is 0.232. The molecule has 1 aromatic carbocycles. The summed E-state index contributed by atoms with van der Waals surface area (Å²) >= 11 is 0. The molecule has 6 heteroatoms. The predicted molar refractivity (Wildman–Crippen MR) is 150 cm³/mol. The molecule has 2 rings (SSSR count). The minimum Gasteiger partial charge on any atom is -0.493 e. The van der Waals surface area contributed by atoms with Crippen LogP contribution in [0.3, 0.4) is 0 Å². The third kappa shape index (κ3) is 10.5. The molecule has 4 atom stereocenters. The van der Waals surface area contributed by atoms with Crippen LogP contribution >= 0.6 is 0 Å². The molecule has 0 aliphatic heterocycles. The Hall–Kier alpha value is -1.79. The van der Waals surface area contributed by atoms with Gasteiger partial charge in [0.25, 0.3) is 0 Å². The molecule has 1 aliphatic rings. The van der Waals surface area contributed by atoms with Gasteiger partial charge in [-0.3, -0.25) is 4.79 Å². The van der Waals surface area contributed by atoms with Gasteiger partial charge >= 0.3 is 0 Å². The van der Waals surface area contributed by atoms with Crippen LogP contribution in [0.2, 0.25) is 0 Å². The summed E-state index contributed by atoms with van der Waals surface area (Å²) < 4.78 is 16.6. The molecule has 1 aromatic rings. The van der Waals surface area contributed by atoms with Gasteiger partial charge in [-0.25, -0.2) is 0 Å². The van der Waals surface area contributed by atoms with Gasteiger partial charge in [-0.2, -0.15) is 0 Å². The fraction of sp³-hybridized carbons (Fsp3) is 0.774. The van der Waals surface area contributed by atoms with Crippen molar-refractivity contribution in [3.05, 3.63) is 23.8 Å². The first-order valence-corrected chi connectivity index (χ1v) is 14.4. The predicted octanol–water partition coefficient (Wildman–Crippen LogP) is 6.03. The standard InChI is InChI=1S/C31H53NO5/c1-21(2)26(18-24-12-15-29(36-7)30(19-24)37-17-9-16-35-6)13-14-27(33)20-28(22(3)4)31(34)32-23(5)25-10-8-11-25/h12,15,19,21-23,25-28,33H,8-11,13-14,16-18,20H2,1-7H3,(H,32,34)/t23-,26-,27-,28+/m1/s1. The molecule has 0 unspecified atom stereocenters. The average molecular weight is 520 g/mol. The van der Waals surface area contributed by atoms with Gasteiger partial charge < -0.3 is 24.6 Å². The van der Waals surface area contributed by atoms with Crippen LogP contribution in [0, 0.1) is 29.6 Å². The first kappa shape index (κ1) is 31.4. The molecule has 1 amide bonds. The summed E-state index contributed by atoms with van der Waals surface area (Å²) in [5, 5.41) is 14.2. The number of carbonyl (C=O) groups is 1.